The van der Waals surface area contributed by atoms with E-state index in [-0.39, 0.29) is 11.6 Å². The second kappa shape index (κ2) is 16.7. The number of anilines is 3. The Hall–Kier alpha value is -5.59. The molecule has 1 unspecified atom stereocenters. The number of hydrogen-bond acceptors (Lipinski definition) is 9. The van der Waals surface area contributed by atoms with Gasteiger partial charge in [-0.25, -0.2) is 4.98 Å². The van der Waals surface area contributed by atoms with Gasteiger partial charge >= 0.3 is 0 Å². The Morgan fingerprint density at radius 2 is 1.56 bits per heavy atom. The highest BCUT2D eigenvalue weighted by atomic mass is 32.2. The highest BCUT2D eigenvalue weighted by Crippen LogP contribution is 2.34. The molecule has 50 heavy (non-hydrogen) atoms. The van der Waals surface area contributed by atoms with Crippen LogP contribution in [0.4, 0.5) is 16.5 Å². The molecule has 5 aromatic rings. The molecule has 0 aliphatic heterocycles. The summed E-state index contributed by atoms with van der Waals surface area (Å²) in [6.07, 6.45) is 1.64. The van der Waals surface area contributed by atoms with Crippen molar-refractivity contribution in [2.75, 3.05) is 43.8 Å². The summed E-state index contributed by atoms with van der Waals surface area (Å²) in [4.78, 5) is 46.9. The largest absolute Gasteiger partial charge is 0.493 e. The van der Waals surface area contributed by atoms with Gasteiger partial charge in [0, 0.05) is 46.9 Å². The summed E-state index contributed by atoms with van der Waals surface area (Å²) in [6.45, 7) is 1.82. The number of benzene rings is 4. The van der Waals surface area contributed by atoms with Gasteiger partial charge in [-0.15, -0.1) is 23.1 Å². The fraction of sp³-hybridized carbons (Fsp3) is 0.158. The standard InChI is InChI=1S/C38H37N5O5S2/c1-24(35(44)42-38-41-32(23-49-38)27-13-20-33(47-4)34(22-27)48-5)50-30-18-14-28(15-19-30)39-37(46)31(40-36(45)26-9-7-6-8-10-26)21-25-11-16-29(17-12-25)43(2)3/h6-24H,1-5H3,(H,39,46)(H,40,45)(H,41,42,44)/b31-21-. The Balaban J connectivity index is 1.21. The lowest BCUT2D eigenvalue weighted by Gasteiger charge is -2.14. The summed E-state index contributed by atoms with van der Waals surface area (Å²) in [5.41, 5.74) is 4.37. The Morgan fingerprint density at radius 1 is 0.860 bits per heavy atom. The first-order chi connectivity index (χ1) is 24.1. The third-order valence-electron chi connectivity index (χ3n) is 7.46. The maximum absolute atomic E-state index is 13.5. The summed E-state index contributed by atoms with van der Waals surface area (Å²) in [6, 6.07) is 29.0. The molecule has 3 amide bonds. The zero-order chi connectivity index (χ0) is 35.6. The van der Waals surface area contributed by atoms with Crippen LogP contribution in [0, 0.1) is 0 Å². The van der Waals surface area contributed by atoms with Crippen molar-refractivity contribution in [3.63, 3.8) is 0 Å². The lowest BCUT2D eigenvalue weighted by molar-refractivity contribution is -0.115. The summed E-state index contributed by atoms with van der Waals surface area (Å²) >= 11 is 2.71. The van der Waals surface area contributed by atoms with Gasteiger partial charge in [0.15, 0.2) is 16.6 Å². The Bertz CT molecular complexity index is 1980. The van der Waals surface area contributed by atoms with E-state index in [0.717, 1.165) is 21.7 Å². The van der Waals surface area contributed by atoms with Crippen LogP contribution in [0.15, 0.2) is 113 Å². The molecule has 1 atom stereocenters. The third kappa shape index (κ3) is 9.30. The molecule has 5 rings (SSSR count). The molecule has 0 aliphatic carbocycles. The van der Waals surface area contributed by atoms with Crippen LogP contribution < -0.4 is 30.3 Å². The van der Waals surface area contributed by atoms with Gasteiger partial charge in [-0.1, -0.05) is 30.3 Å². The minimum atomic E-state index is -0.477. The summed E-state index contributed by atoms with van der Waals surface area (Å²) in [7, 11) is 7.05. The van der Waals surface area contributed by atoms with E-state index in [1.165, 1.54) is 23.1 Å². The van der Waals surface area contributed by atoms with Crippen molar-refractivity contribution in [1.82, 2.24) is 10.3 Å². The van der Waals surface area contributed by atoms with Crippen molar-refractivity contribution >= 4 is 63.4 Å². The van der Waals surface area contributed by atoms with Gasteiger partial charge in [0.1, 0.15) is 5.70 Å². The highest BCUT2D eigenvalue weighted by molar-refractivity contribution is 8.00. The number of ether oxygens (including phenoxy) is 2. The number of aromatic nitrogens is 1. The van der Waals surface area contributed by atoms with Crippen molar-refractivity contribution in [2.45, 2.75) is 17.1 Å². The molecule has 0 spiro atoms. The first-order valence-corrected chi connectivity index (χ1v) is 17.3. The molecule has 4 aromatic carbocycles. The van der Waals surface area contributed by atoms with Crippen LogP contribution in [0.1, 0.15) is 22.8 Å². The van der Waals surface area contributed by atoms with Gasteiger partial charge in [-0.05, 0) is 85.3 Å². The minimum absolute atomic E-state index is 0.0941. The van der Waals surface area contributed by atoms with Gasteiger partial charge in [0.25, 0.3) is 11.8 Å². The van der Waals surface area contributed by atoms with Crippen LogP contribution in [-0.4, -0.2) is 56.3 Å². The van der Waals surface area contributed by atoms with Crippen molar-refractivity contribution in [3.8, 4) is 22.8 Å². The number of nitrogens with zero attached hydrogens (tertiary/aromatic N) is 2. The summed E-state index contributed by atoms with van der Waals surface area (Å²) in [5.74, 6) is 0.151. The van der Waals surface area contributed by atoms with Crippen molar-refractivity contribution in [3.05, 3.63) is 119 Å². The number of thiazole rings is 1. The SMILES string of the molecule is COc1ccc(-c2csc(NC(=O)C(C)Sc3ccc(NC(=O)/C(=C/c4ccc(N(C)C)cc4)NC(=O)c4ccccc4)cc3)n2)cc1OC. The first kappa shape index (κ1) is 35.7. The smallest absolute Gasteiger partial charge is 0.272 e. The molecule has 0 radical (unpaired) electrons. The van der Waals surface area contributed by atoms with E-state index in [0.29, 0.717) is 33.6 Å². The van der Waals surface area contributed by atoms with Crippen LogP contribution in [0.25, 0.3) is 17.3 Å². The number of carbonyl (C=O) groups excluding carboxylic acids is 3. The fourth-order valence-electron chi connectivity index (χ4n) is 4.72. The molecule has 1 aromatic heterocycles. The predicted molar refractivity (Wildman–Crippen MR) is 202 cm³/mol. The predicted octanol–water partition coefficient (Wildman–Crippen LogP) is 7.42. The van der Waals surface area contributed by atoms with Crippen molar-refractivity contribution in [2.24, 2.45) is 0 Å². The van der Waals surface area contributed by atoms with E-state index >= 15 is 0 Å². The lowest BCUT2D eigenvalue weighted by Crippen LogP contribution is -2.30. The second-order valence-electron chi connectivity index (χ2n) is 11.2. The van der Waals surface area contributed by atoms with E-state index in [2.05, 4.69) is 20.9 Å². The quantitative estimate of drug-likeness (QED) is 0.0854. The fourth-order valence-corrected chi connectivity index (χ4v) is 6.31. The zero-order valence-corrected chi connectivity index (χ0v) is 29.9. The van der Waals surface area contributed by atoms with Crippen molar-refractivity contribution < 1.29 is 23.9 Å². The number of thioether (sulfide) groups is 1. The van der Waals surface area contributed by atoms with Gasteiger partial charge < -0.3 is 30.3 Å². The van der Waals surface area contributed by atoms with Crippen LogP contribution >= 0.6 is 23.1 Å². The zero-order valence-electron chi connectivity index (χ0n) is 28.2. The molecule has 0 aliphatic rings. The van der Waals surface area contributed by atoms with Gasteiger partial charge in [0.05, 0.1) is 25.2 Å². The normalized spacial score (nSPS) is 11.7. The Kier molecular flexibility index (Phi) is 11.9. The third-order valence-corrected chi connectivity index (χ3v) is 9.33. The molecule has 3 N–H and O–H groups in total. The van der Waals surface area contributed by atoms with E-state index in [1.54, 1.807) is 56.7 Å². The Labute approximate surface area is 299 Å². The van der Waals surface area contributed by atoms with E-state index in [4.69, 9.17) is 9.47 Å². The number of rotatable bonds is 13. The van der Waals surface area contributed by atoms with E-state index < -0.39 is 17.1 Å². The number of hydrogen-bond donors (Lipinski definition) is 3. The van der Waals surface area contributed by atoms with Gasteiger partial charge in [0.2, 0.25) is 5.91 Å². The van der Waals surface area contributed by atoms with Crippen LogP contribution in [-0.2, 0) is 9.59 Å². The molecule has 0 bridgehead atoms. The molecular weight excluding hydrogens is 671 g/mol. The maximum atomic E-state index is 13.5. The average Bonchev–Trinajstić information content (AvgIpc) is 3.60. The van der Waals surface area contributed by atoms with Crippen molar-refractivity contribution in [1.29, 1.82) is 0 Å². The minimum Gasteiger partial charge on any atom is -0.493 e. The summed E-state index contributed by atoms with van der Waals surface area (Å²) < 4.78 is 10.7. The molecular formula is C38H37N5O5S2. The first-order valence-electron chi connectivity index (χ1n) is 15.6. The topological polar surface area (TPSA) is 122 Å². The van der Waals surface area contributed by atoms with Crippen LogP contribution in [0.3, 0.4) is 0 Å². The average molecular weight is 708 g/mol. The maximum Gasteiger partial charge on any atom is 0.272 e. The number of amides is 3. The number of carbonyl (C=O) groups is 3. The molecule has 1 heterocycles. The Morgan fingerprint density at radius 3 is 2.22 bits per heavy atom. The molecule has 256 valence electrons. The molecule has 0 saturated carbocycles. The molecule has 12 heteroatoms. The summed E-state index contributed by atoms with van der Waals surface area (Å²) in [5, 5.41) is 10.5. The highest BCUT2D eigenvalue weighted by Gasteiger charge is 2.18. The molecule has 0 saturated heterocycles. The van der Waals surface area contributed by atoms with Crippen LogP contribution in [0.2, 0.25) is 0 Å². The molecule has 0 fully saturated rings. The van der Waals surface area contributed by atoms with E-state index in [9.17, 15) is 14.4 Å². The van der Waals surface area contributed by atoms with E-state index in [1.807, 2.05) is 92.0 Å². The lowest BCUT2D eigenvalue weighted by atomic mass is 10.1. The number of methoxy groups -OCH3 is 2. The number of nitrogens with one attached hydrogen (secondary N) is 3. The molecule has 10 nitrogen and oxygen atoms in total. The second-order valence-corrected chi connectivity index (χ2v) is 13.5. The monoisotopic (exact) mass is 707 g/mol. The van der Waals surface area contributed by atoms with Gasteiger partial charge in [-0.3, -0.25) is 14.4 Å². The van der Waals surface area contributed by atoms with Gasteiger partial charge in [-0.2, -0.15) is 0 Å². The van der Waals surface area contributed by atoms with Crippen LogP contribution in [0.5, 0.6) is 11.5 Å².